The van der Waals surface area contributed by atoms with Crippen LogP contribution in [0.1, 0.15) is 29.3 Å². The standard InChI is InChI=1S/C26H19Cl2N7O/c1-26(15-5-7-16(27)8-6-15)20-21(29)32-22(33-23(20)34-25(26)36)19-13-35-10-9-30-24(35)18(31-19)12-14-3-2-4-17(28)11-14/h2-11,13H,12H2,1H3,(H3,29,32,33,34,36). The number of nitrogens with one attached hydrogen (secondary N) is 1. The molecule has 1 atom stereocenters. The number of anilines is 2. The molecule has 1 aliphatic heterocycles. The molecule has 0 bridgehead atoms. The zero-order chi connectivity index (χ0) is 25.0. The summed E-state index contributed by atoms with van der Waals surface area (Å²) in [4.78, 5) is 31.7. The molecule has 36 heavy (non-hydrogen) atoms. The second-order valence-corrected chi connectivity index (χ2v) is 9.65. The Bertz CT molecular complexity index is 1670. The summed E-state index contributed by atoms with van der Waals surface area (Å²) in [7, 11) is 0. The van der Waals surface area contributed by atoms with Crippen LogP contribution in [0.2, 0.25) is 10.0 Å². The van der Waals surface area contributed by atoms with Gasteiger partial charge in [0.05, 0.1) is 11.3 Å². The van der Waals surface area contributed by atoms with Crippen molar-refractivity contribution < 1.29 is 4.79 Å². The Morgan fingerprint density at radius 2 is 1.86 bits per heavy atom. The van der Waals surface area contributed by atoms with Crippen molar-refractivity contribution in [2.45, 2.75) is 18.8 Å². The first-order valence-electron chi connectivity index (χ1n) is 11.2. The van der Waals surface area contributed by atoms with Gasteiger partial charge in [0.15, 0.2) is 11.5 Å². The van der Waals surface area contributed by atoms with Crippen LogP contribution in [0.5, 0.6) is 0 Å². The minimum atomic E-state index is -1.05. The minimum Gasteiger partial charge on any atom is -0.383 e. The molecule has 10 heteroatoms. The normalized spacial score (nSPS) is 16.8. The highest BCUT2D eigenvalue weighted by atomic mass is 35.5. The number of rotatable bonds is 4. The zero-order valence-electron chi connectivity index (χ0n) is 19.0. The minimum absolute atomic E-state index is 0.203. The molecule has 5 aromatic rings. The van der Waals surface area contributed by atoms with Gasteiger partial charge in [-0.05, 0) is 42.3 Å². The van der Waals surface area contributed by atoms with Gasteiger partial charge in [0.1, 0.15) is 22.7 Å². The van der Waals surface area contributed by atoms with E-state index in [0.29, 0.717) is 39.4 Å². The number of halogens is 2. The lowest BCUT2D eigenvalue weighted by atomic mass is 9.78. The van der Waals surface area contributed by atoms with E-state index in [2.05, 4.69) is 20.3 Å². The molecule has 0 saturated carbocycles. The highest BCUT2D eigenvalue weighted by Gasteiger charge is 2.47. The predicted octanol–water partition coefficient (Wildman–Crippen LogP) is 4.92. The van der Waals surface area contributed by atoms with Crippen molar-refractivity contribution in [2.24, 2.45) is 0 Å². The molecule has 1 amide bonds. The van der Waals surface area contributed by atoms with Gasteiger partial charge in [-0.3, -0.25) is 4.79 Å². The second-order valence-electron chi connectivity index (χ2n) is 8.78. The number of nitrogens with two attached hydrogens (primary N) is 1. The number of aromatic nitrogens is 5. The number of nitrogens with zero attached hydrogens (tertiary/aromatic N) is 5. The molecule has 0 spiro atoms. The topological polar surface area (TPSA) is 111 Å². The summed E-state index contributed by atoms with van der Waals surface area (Å²) < 4.78 is 1.87. The van der Waals surface area contributed by atoms with Crippen LogP contribution in [0.3, 0.4) is 0 Å². The lowest BCUT2D eigenvalue weighted by molar-refractivity contribution is -0.119. The Hall–Kier alpha value is -4.01. The third-order valence-electron chi connectivity index (χ3n) is 6.48. The van der Waals surface area contributed by atoms with Crippen molar-refractivity contribution in [1.29, 1.82) is 0 Å². The van der Waals surface area contributed by atoms with Gasteiger partial charge in [-0.15, -0.1) is 0 Å². The lowest BCUT2D eigenvalue weighted by Crippen LogP contribution is -2.32. The number of imidazole rings is 1. The second kappa shape index (κ2) is 8.29. The summed E-state index contributed by atoms with van der Waals surface area (Å²) in [6.45, 7) is 1.80. The molecule has 2 aromatic carbocycles. The highest BCUT2D eigenvalue weighted by molar-refractivity contribution is 6.30. The van der Waals surface area contributed by atoms with E-state index in [4.69, 9.17) is 33.9 Å². The Balaban J connectivity index is 1.46. The maximum Gasteiger partial charge on any atom is 0.240 e. The molecular weight excluding hydrogens is 497 g/mol. The van der Waals surface area contributed by atoms with Crippen molar-refractivity contribution >= 4 is 46.4 Å². The van der Waals surface area contributed by atoms with E-state index in [1.165, 1.54) is 0 Å². The third-order valence-corrected chi connectivity index (χ3v) is 6.96. The first kappa shape index (κ1) is 22.5. The maximum absolute atomic E-state index is 13.2. The number of amides is 1. The zero-order valence-corrected chi connectivity index (χ0v) is 20.5. The largest absolute Gasteiger partial charge is 0.383 e. The molecular formula is C26H19Cl2N7O. The Labute approximate surface area is 216 Å². The molecule has 3 N–H and O–H groups in total. The molecule has 4 heterocycles. The van der Waals surface area contributed by atoms with E-state index in [9.17, 15) is 4.79 Å². The van der Waals surface area contributed by atoms with Crippen LogP contribution >= 0.6 is 23.2 Å². The fraction of sp³-hybridized carbons (Fsp3) is 0.115. The van der Waals surface area contributed by atoms with Crippen molar-refractivity contribution in [3.05, 3.63) is 99.6 Å². The summed E-state index contributed by atoms with van der Waals surface area (Å²) >= 11 is 12.2. The molecule has 1 aliphatic rings. The van der Waals surface area contributed by atoms with Gasteiger partial charge in [-0.1, -0.05) is 47.5 Å². The monoisotopic (exact) mass is 515 g/mol. The fourth-order valence-corrected chi connectivity index (χ4v) is 4.98. The van der Waals surface area contributed by atoms with Crippen molar-refractivity contribution in [2.75, 3.05) is 11.1 Å². The number of carbonyl (C=O) groups excluding carboxylic acids is 1. The molecule has 0 radical (unpaired) electrons. The van der Waals surface area contributed by atoms with Crippen molar-refractivity contribution in [1.82, 2.24) is 24.3 Å². The van der Waals surface area contributed by atoms with Gasteiger partial charge >= 0.3 is 0 Å². The van der Waals surface area contributed by atoms with Crippen molar-refractivity contribution in [3.8, 4) is 11.5 Å². The first-order valence-corrected chi connectivity index (χ1v) is 11.9. The number of hydrogen-bond donors (Lipinski definition) is 2. The van der Waals surface area contributed by atoms with E-state index in [1.54, 1.807) is 43.6 Å². The molecule has 178 valence electrons. The fourth-order valence-electron chi connectivity index (χ4n) is 4.64. The van der Waals surface area contributed by atoms with Gasteiger partial charge in [0.25, 0.3) is 0 Å². The van der Waals surface area contributed by atoms with E-state index in [0.717, 1.165) is 22.5 Å². The number of benzene rings is 2. The Kier molecular flexibility index (Phi) is 5.17. The molecule has 0 saturated heterocycles. The Morgan fingerprint density at radius 1 is 1.06 bits per heavy atom. The van der Waals surface area contributed by atoms with Crippen LogP contribution in [0.25, 0.3) is 17.2 Å². The summed E-state index contributed by atoms with van der Waals surface area (Å²) in [5.41, 5.74) is 9.63. The van der Waals surface area contributed by atoms with Gasteiger partial charge in [0, 0.05) is 35.1 Å². The van der Waals surface area contributed by atoms with E-state index in [-0.39, 0.29) is 11.7 Å². The van der Waals surface area contributed by atoms with E-state index >= 15 is 0 Å². The van der Waals surface area contributed by atoms with Gasteiger partial charge in [-0.2, -0.15) is 0 Å². The summed E-state index contributed by atoms with van der Waals surface area (Å²) in [6.07, 6.45) is 5.84. The molecule has 0 aliphatic carbocycles. The van der Waals surface area contributed by atoms with Crippen molar-refractivity contribution in [3.63, 3.8) is 0 Å². The first-order chi connectivity index (χ1) is 17.3. The van der Waals surface area contributed by atoms with E-state index in [1.807, 2.05) is 34.9 Å². The van der Waals surface area contributed by atoms with Crippen LogP contribution < -0.4 is 11.1 Å². The average Bonchev–Trinajstić information content (AvgIpc) is 3.42. The van der Waals surface area contributed by atoms with Crippen LogP contribution in [-0.4, -0.2) is 30.2 Å². The molecule has 3 aromatic heterocycles. The average molecular weight is 516 g/mol. The summed E-state index contributed by atoms with van der Waals surface area (Å²) in [6, 6.07) is 14.7. The lowest BCUT2D eigenvalue weighted by Gasteiger charge is -2.23. The Morgan fingerprint density at radius 3 is 2.64 bits per heavy atom. The highest BCUT2D eigenvalue weighted by Crippen LogP contribution is 2.45. The van der Waals surface area contributed by atoms with Crippen LogP contribution in [0, 0.1) is 0 Å². The maximum atomic E-state index is 13.2. The van der Waals surface area contributed by atoms with Gasteiger partial charge < -0.3 is 15.5 Å². The third kappa shape index (κ3) is 3.57. The number of fused-ring (bicyclic) bond motifs is 2. The molecule has 8 nitrogen and oxygen atoms in total. The molecule has 6 rings (SSSR count). The smallest absolute Gasteiger partial charge is 0.240 e. The van der Waals surface area contributed by atoms with Crippen LogP contribution in [0.15, 0.2) is 67.1 Å². The number of carbonyl (C=O) groups is 1. The molecule has 1 unspecified atom stereocenters. The predicted molar refractivity (Wildman–Crippen MR) is 139 cm³/mol. The van der Waals surface area contributed by atoms with Gasteiger partial charge in [-0.25, -0.2) is 19.9 Å². The molecule has 0 fully saturated rings. The number of nitrogen functional groups attached to an aromatic ring is 1. The van der Waals surface area contributed by atoms with Crippen LogP contribution in [-0.2, 0) is 16.6 Å². The van der Waals surface area contributed by atoms with Crippen LogP contribution in [0.4, 0.5) is 11.6 Å². The van der Waals surface area contributed by atoms with E-state index < -0.39 is 5.41 Å². The van der Waals surface area contributed by atoms with Gasteiger partial charge in [0.2, 0.25) is 5.91 Å². The number of hydrogen-bond acceptors (Lipinski definition) is 6. The SMILES string of the molecule is CC1(c2ccc(Cl)cc2)C(=O)Nc2nc(-c3cn4ccnc4c(Cc4cccc(Cl)c4)n3)nc(N)c21. The summed E-state index contributed by atoms with van der Waals surface area (Å²) in [5.74, 6) is 0.631. The summed E-state index contributed by atoms with van der Waals surface area (Å²) in [5, 5.41) is 4.11. The quantitative estimate of drug-likeness (QED) is 0.351.